The van der Waals surface area contributed by atoms with E-state index in [9.17, 15) is 8.78 Å². The second-order valence-electron chi connectivity index (χ2n) is 5.27. The zero-order valence-electron chi connectivity index (χ0n) is 10.4. The number of pyridine rings is 1. The number of alkyl halides is 2. The Bertz CT molecular complexity index is 472. The van der Waals surface area contributed by atoms with Gasteiger partial charge >= 0.3 is 0 Å². The van der Waals surface area contributed by atoms with Crippen molar-refractivity contribution in [1.29, 1.82) is 0 Å². The Labute approximate surface area is 115 Å². The third kappa shape index (κ3) is 2.61. The summed E-state index contributed by atoms with van der Waals surface area (Å²) in [6, 6.07) is 1.65. The average Bonchev–Trinajstić information content (AvgIpc) is 2.26. The standard InChI is InChI=1S/C13H15ClF2N2O/c14-11-10(18-7-13(15,16)8-18)4-5-17-12(11)19-6-9-2-1-3-9/h4-5,9H,1-3,6-8H2. The molecule has 3 nitrogen and oxygen atoms in total. The number of rotatable bonds is 4. The predicted octanol–water partition coefficient (Wildman–Crippen LogP) is 3.37. The number of nitrogens with zero attached hydrogens (tertiary/aromatic N) is 2. The fourth-order valence-electron chi connectivity index (χ4n) is 2.30. The number of aromatic nitrogens is 1. The molecule has 0 amide bonds. The summed E-state index contributed by atoms with van der Waals surface area (Å²) in [4.78, 5) is 5.62. The van der Waals surface area contributed by atoms with Crippen LogP contribution in [0.25, 0.3) is 0 Å². The monoisotopic (exact) mass is 288 g/mol. The van der Waals surface area contributed by atoms with Gasteiger partial charge in [-0.25, -0.2) is 13.8 Å². The van der Waals surface area contributed by atoms with Gasteiger partial charge in [0.1, 0.15) is 5.02 Å². The highest BCUT2D eigenvalue weighted by atomic mass is 35.5. The second kappa shape index (κ2) is 4.78. The van der Waals surface area contributed by atoms with E-state index in [1.165, 1.54) is 19.3 Å². The SMILES string of the molecule is FC1(F)CN(c2ccnc(OCC3CCC3)c2Cl)C1. The third-order valence-corrected chi connectivity index (χ3v) is 4.06. The highest BCUT2D eigenvalue weighted by Gasteiger charge is 2.44. The van der Waals surface area contributed by atoms with Crippen molar-refractivity contribution < 1.29 is 13.5 Å². The summed E-state index contributed by atoms with van der Waals surface area (Å²) in [5.74, 6) is -1.68. The molecule has 0 aromatic carbocycles. The van der Waals surface area contributed by atoms with Crippen molar-refractivity contribution in [3.05, 3.63) is 17.3 Å². The summed E-state index contributed by atoms with van der Waals surface area (Å²) in [5, 5.41) is 0.331. The Morgan fingerprint density at radius 2 is 2.16 bits per heavy atom. The van der Waals surface area contributed by atoms with Crippen LogP contribution in [0.2, 0.25) is 5.02 Å². The number of hydrogen-bond acceptors (Lipinski definition) is 3. The zero-order chi connectivity index (χ0) is 13.5. The summed E-state index contributed by atoms with van der Waals surface area (Å²) in [5.41, 5.74) is 0.575. The van der Waals surface area contributed by atoms with Crippen LogP contribution in [0.5, 0.6) is 5.88 Å². The van der Waals surface area contributed by atoms with E-state index in [0.29, 0.717) is 29.1 Å². The number of hydrogen-bond donors (Lipinski definition) is 0. The van der Waals surface area contributed by atoms with Crippen LogP contribution in [0.3, 0.4) is 0 Å². The maximum absolute atomic E-state index is 12.9. The molecule has 1 saturated heterocycles. The van der Waals surface area contributed by atoms with Gasteiger partial charge in [-0.1, -0.05) is 18.0 Å². The van der Waals surface area contributed by atoms with Crippen LogP contribution in [-0.4, -0.2) is 30.6 Å². The van der Waals surface area contributed by atoms with Gasteiger partial charge in [-0.2, -0.15) is 0 Å². The van der Waals surface area contributed by atoms with Gasteiger partial charge in [-0.05, 0) is 24.8 Å². The summed E-state index contributed by atoms with van der Waals surface area (Å²) in [6.07, 6.45) is 5.15. The highest BCUT2D eigenvalue weighted by Crippen LogP contribution is 2.39. The second-order valence-corrected chi connectivity index (χ2v) is 5.65. The van der Waals surface area contributed by atoms with Crippen LogP contribution < -0.4 is 9.64 Å². The molecule has 104 valence electrons. The van der Waals surface area contributed by atoms with Gasteiger partial charge < -0.3 is 9.64 Å². The van der Waals surface area contributed by atoms with E-state index in [2.05, 4.69) is 4.98 Å². The van der Waals surface area contributed by atoms with Gasteiger partial charge in [-0.15, -0.1) is 0 Å². The van der Waals surface area contributed by atoms with Crippen molar-refractivity contribution in [3.63, 3.8) is 0 Å². The molecule has 0 spiro atoms. The van der Waals surface area contributed by atoms with Crippen molar-refractivity contribution >= 4 is 17.3 Å². The number of ether oxygens (including phenoxy) is 1. The zero-order valence-corrected chi connectivity index (χ0v) is 11.2. The van der Waals surface area contributed by atoms with E-state index < -0.39 is 5.92 Å². The molecule has 0 bridgehead atoms. The fraction of sp³-hybridized carbons (Fsp3) is 0.615. The Morgan fingerprint density at radius 3 is 2.74 bits per heavy atom. The van der Waals surface area contributed by atoms with Crippen LogP contribution in [0, 0.1) is 5.92 Å². The largest absolute Gasteiger partial charge is 0.476 e. The number of halogens is 3. The van der Waals surface area contributed by atoms with Crippen molar-refractivity contribution in [2.24, 2.45) is 5.92 Å². The highest BCUT2D eigenvalue weighted by molar-refractivity contribution is 6.34. The van der Waals surface area contributed by atoms with Gasteiger partial charge in [-0.3, -0.25) is 0 Å². The van der Waals surface area contributed by atoms with Crippen LogP contribution >= 0.6 is 11.6 Å². The molecule has 1 saturated carbocycles. The van der Waals surface area contributed by atoms with E-state index in [-0.39, 0.29) is 13.1 Å². The van der Waals surface area contributed by atoms with Gasteiger partial charge in [0.2, 0.25) is 5.88 Å². The van der Waals surface area contributed by atoms with E-state index >= 15 is 0 Å². The van der Waals surface area contributed by atoms with E-state index in [1.54, 1.807) is 17.2 Å². The topological polar surface area (TPSA) is 25.4 Å². The summed E-state index contributed by atoms with van der Waals surface area (Å²) in [6.45, 7) is 0.0178. The predicted molar refractivity (Wildman–Crippen MR) is 69.2 cm³/mol. The molecule has 1 aromatic rings. The molecule has 1 aliphatic carbocycles. The maximum atomic E-state index is 12.9. The molecule has 2 aliphatic rings. The van der Waals surface area contributed by atoms with Crippen LogP contribution in [-0.2, 0) is 0 Å². The smallest absolute Gasteiger partial charge is 0.282 e. The fourth-order valence-corrected chi connectivity index (χ4v) is 2.58. The maximum Gasteiger partial charge on any atom is 0.282 e. The first kappa shape index (κ1) is 12.9. The summed E-state index contributed by atoms with van der Waals surface area (Å²) >= 11 is 6.18. The van der Waals surface area contributed by atoms with Crippen molar-refractivity contribution in [3.8, 4) is 5.88 Å². The minimum atomic E-state index is -2.61. The first-order valence-corrected chi connectivity index (χ1v) is 6.83. The van der Waals surface area contributed by atoms with Gasteiger partial charge in [0.15, 0.2) is 0 Å². The molecule has 1 aromatic heterocycles. The first-order valence-electron chi connectivity index (χ1n) is 6.45. The average molecular weight is 289 g/mol. The lowest BCUT2D eigenvalue weighted by molar-refractivity contribution is -0.0262. The van der Waals surface area contributed by atoms with E-state index in [4.69, 9.17) is 16.3 Å². The van der Waals surface area contributed by atoms with Gasteiger partial charge in [0.25, 0.3) is 5.92 Å². The molecule has 2 fully saturated rings. The van der Waals surface area contributed by atoms with Crippen LogP contribution in [0.1, 0.15) is 19.3 Å². The normalized spacial score (nSPS) is 21.7. The summed E-state index contributed by atoms with van der Waals surface area (Å²) in [7, 11) is 0. The molecule has 6 heteroatoms. The minimum absolute atomic E-state index is 0.293. The quantitative estimate of drug-likeness (QED) is 0.849. The first-order chi connectivity index (χ1) is 9.05. The summed E-state index contributed by atoms with van der Waals surface area (Å²) < 4.78 is 31.4. The molecule has 1 aliphatic heterocycles. The van der Waals surface area contributed by atoms with E-state index in [1.807, 2.05) is 0 Å². The lowest BCUT2D eigenvalue weighted by Crippen LogP contribution is -2.56. The number of anilines is 1. The van der Waals surface area contributed by atoms with Gasteiger partial charge in [0, 0.05) is 6.20 Å². The molecule has 0 N–H and O–H groups in total. The van der Waals surface area contributed by atoms with Crippen LogP contribution in [0.4, 0.5) is 14.5 Å². The Kier molecular flexibility index (Phi) is 3.25. The van der Waals surface area contributed by atoms with Crippen molar-refractivity contribution in [2.75, 3.05) is 24.6 Å². The van der Waals surface area contributed by atoms with Crippen molar-refractivity contribution in [2.45, 2.75) is 25.2 Å². The molecule has 19 heavy (non-hydrogen) atoms. The van der Waals surface area contributed by atoms with Gasteiger partial charge in [0.05, 0.1) is 25.4 Å². The molecular formula is C13H15ClF2N2O. The van der Waals surface area contributed by atoms with Crippen molar-refractivity contribution in [1.82, 2.24) is 4.98 Å². The molecule has 0 radical (unpaired) electrons. The third-order valence-electron chi connectivity index (χ3n) is 3.70. The lowest BCUT2D eigenvalue weighted by Gasteiger charge is -2.40. The molecule has 2 heterocycles. The molecular weight excluding hydrogens is 274 g/mol. The molecule has 3 rings (SSSR count). The van der Waals surface area contributed by atoms with Crippen LogP contribution in [0.15, 0.2) is 12.3 Å². The lowest BCUT2D eigenvalue weighted by atomic mass is 9.86. The molecule has 0 unspecified atom stereocenters. The van der Waals surface area contributed by atoms with E-state index in [0.717, 1.165) is 0 Å². The Hall–Kier alpha value is -1.10. The Balaban J connectivity index is 1.68. The minimum Gasteiger partial charge on any atom is -0.476 e. The molecule has 0 atom stereocenters. The Morgan fingerprint density at radius 1 is 1.42 bits per heavy atom.